The summed E-state index contributed by atoms with van der Waals surface area (Å²) in [6, 6.07) is 8.43. The Kier molecular flexibility index (Phi) is 6.65. The van der Waals surface area contributed by atoms with Crippen LogP contribution >= 0.6 is 0 Å². The summed E-state index contributed by atoms with van der Waals surface area (Å²) in [5.74, 6) is -0.290. The lowest BCUT2D eigenvalue weighted by Gasteiger charge is -2.41. The van der Waals surface area contributed by atoms with Crippen molar-refractivity contribution in [2.75, 3.05) is 44.7 Å². The number of carbonyl (C=O) groups excluding carboxylic acids is 2. The predicted molar refractivity (Wildman–Crippen MR) is 118 cm³/mol. The highest BCUT2D eigenvalue weighted by Crippen LogP contribution is 2.29. The number of nitrogens with one attached hydrogen (secondary N) is 1. The lowest BCUT2D eigenvalue weighted by Crippen LogP contribution is -2.52. The number of hydrogen-bond donors (Lipinski definition) is 2. The zero-order valence-corrected chi connectivity index (χ0v) is 18.1. The van der Waals surface area contributed by atoms with E-state index in [4.69, 9.17) is 4.74 Å². The molecule has 1 aromatic carbocycles. The minimum Gasteiger partial charge on any atom is -0.502 e. The smallest absolute Gasteiger partial charge is 0.290 e. The minimum absolute atomic E-state index is 0.0573. The molecule has 0 radical (unpaired) electrons. The van der Waals surface area contributed by atoms with Gasteiger partial charge in [0.1, 0.15) is 18.4 Å². The molecule has 0 atom stereocenters. The van der Waals surface area contributed by atoms with Crippen molar-refractivity contribution in [1.29, 1.82) is 0 Å². The first-order valence-corrected chi connectivity index (χ1v) is 11.2. The number of aliphatic hydroxyl groups excluding tert-OH is 1. The molecular weight excluding hydrogens is 396 g/mol. The Bertz CT molecular complexity index is 813. The van der Waals surface area contributed by atoms with Crippen LogP contribution in [0.15, 0.2) is 36.2 Å². The predicted octanol–water partition coefficient (Wildman–Crippen LogP) is 1.88. The molecule has 8 heteroatoms. The van der Waals surface area contributed by atoms with Gasteiger partial charge in [-0.15, -0.1) is 0 Å². The van der Waals surface area contributed by atoms with Crippen LogP contribution in [0.25, 0.3) is 0 Å². The van der Waals surface area contributed by atoms with Gasteiger partial charge in [-0.2, -0.15) is 0 Å². The number of carbonyl (C=O) groups is 2. The second-order valence-corrected chi connectivity index (χ2v) is 8.52. The molecule has 0 bridgehead atoms. The van der Waals surface area contributed by atoms with E-state index in [2.05, 4.69) is 10.2 Å². The van der Waals surface area contributed by atoms with Gasteiger partial charge in [0.05, 0.1) is 0 Å². The van der Waals surface area contributed by atoms with Crippen LogP contribution in [0.2, 0.25) is 0 Å². The first kappa shape index (κ1) is 21.5. The third kappa shape index (κ3) is 4.95. The van der Waals surface area contributed by atoms with Crippen LogP contribution in [0.4, 0.5) is 5.69 Å². The Labute approximate surface area is 183 Å². The van der Waals surface area contributed by atoms with Crippen LogP contribution in [-0.2, 0) is 9.59 Å². The Balaban J connectivity index is 1.28. The molecule has 168 valence electrons. The molecule has 2 aliphatic heterocycles. The van der Waals surface area contributed by atoms with E-state index in [1.54, 1.807) is 11.9 Å². The van der Waals surface area contributed by atoms with Gasteiger partial charge in [-0.3, -0.25) is 9.59 Å². The fourth-order valence-corrected chi connectivity index (χ4v) is 4.49. The number of benzene rings is 1. The maximum atomic E-state index is 12.6. The van der Waals surface area contributed by atoms with E-state index >= 15 is 0 Å². The molecule has 31 heavy (non-hydrogen) atoms. The second kappa shape index (κ2) is 9.60. The largest absolute Gasteiger partial charge is 0.502 e. The molecule has 1 aromatic rings. The molecule has 0 unspecified atom stereocenters. The number of likely N-dealkylation sites (tertiary alicyclic amines) is 1. The van der Waals surface area contributed by atoms with Crippen LogP contribution in [0.1, 0.15) is 32.1 Å². The SMILES string of the molecule is CN/C=C(\O)C(=O)N1CCN(c2ccc(OC3CCN(C4CCC4)CC3)cc2)C(=O)C1. The van der Waals surface area contributed by atoms with Crippen molar-refractivity contribution in [3.8, 4) is 5.75 Å². The molecule has 4 rings (SSSR count). The summed E-state index contributed by atoms with van der Waals surface area (Å²) >= 11 is 0. The standard InChI is InChI=1S/C23H32N4O4/c1-24-15-21(28)23(30)26-13-14-27(22(29)16-26)18-5-7-19(8-6-18)31-20-9-11-25(12-10-20)17-3-2-4-17/h5-8,15,17,20,24,28H,2-4,9-14,16H2,1H3/b21-15-. The van der Waals surface area contributed by atoms with Crippen LogP contribution in [0.5, 0.6) is 5.75 Å². The molecule has 1 saturated carbocycles. The molecule has 0 aromatic heterocycles. The van der Waals surface area contributed by atoms with Gasteiger partial charge >= 0.3 is 0 Å². The Hall–Kier alpha value is -2.74. The molecule has 8 nitrogen and oxygen atoms in total. The van der Waals surface area contributed by atoms with Gasteiger partial charge in [0, 0.05) is 51.2 Å². The zero-order chi connectivity index (χ0) is 21.8. The van der Waals surface area contributed by atoms with E-state index in [0.29, 0.717) is 13.1 Å². The number of anilines is 1. The number of ether oxygens (including phenoxy) is 1. The molecule has 2 amide bonds. The minimum atomic E-state index is -0.547. The second-order valence-electron chi connectivity index (χ2n) is 8.52. The number of piperazine rings is 1. The number of rotatable bonds is 6. The number of nitrogens with zero attached hydrogens (tertiary/aromatic N) is 3. The summed E-state index contributed by atoms with van der Waals surface area (Å²) in [6.07, 6.45) is 7.65. The summed E-state index contributed by atoms with van der Waals surface area (Å²) in [7, 11) is 1.60. The van der Waals surface area contributed by atoms with E-state index in [0.717, 1.165) is 43.4 Å². The van der Waals surface area contributed by atoms with Gasteiger partial charge in [0.25, 0.3) is 5.91 Å². The Morgan fingerprint density at radius 3 is 2.39 bits per heavy atom. The van der Waals surface area contributed by atoms with Crippen molar-refractivity contribution in [3.63, 3.8) is 0 Å². The number of aliphatic hydroxyl groups is 1. The zero-order valence-electron chi connectivity index (χ0n) is 18.1. The fraction of sp³-hybridized carbons (Fsp3) is 0.565. The van der Waals surface area contributed by atoms with E-state index in [-0.39, 0.29) is 18.6 Å². The molecule has 3 fully saturated rings. The van der Waals surface area contributed by atoms with Crippen LogP contribution < -0.4 is 15.0 Å². The molecule has 0 spiro atoms. The first-order valence-electron chi connectivity index (χ1n) is 11.2. The maximum Gasteiger partial charge on any atom is 0.290 e. The van der Waals surface area contributed by atoms with E-state index in [9.17, 15) is 14.7 Å². The van der Waals surface area contributed by atoms with E-state index in [1.807, 2.05) is 24.3 Å². The lowest BCUT2D eigenvalue weighted by molar-refractivity contribution is -0.135. The van der Waals surface area contributed by atoms with E-state index in [1.165, 1.54) is 30.4 Å². The normalized spacial score (nSPS) is 21.7. The van der Waals surface area contributed by atoms with Crippen LogP contribution in [0, 0.1) is 0 Å². The summed E-state index contributed by atoms with van der Waals surface area (Å²) in [4.78, 5) is 30.4. The summed E-state index contributed by atoms with van der Waals surface area (Å²) < 4.78 is 6.18. The molecular formula is C23H32N4O4. The maximum absolute atomic E-state index is 12.6. The van der Waals surface area contributed by atoms with Gasteiger partial charge in [-0.05, 0) is 49.9 Å². The Morgan fingerprint density at radius 1 is 1.10 bits per heavy atom. The van der Waals surface area contributed by atoms with Gasteiger partial charge in [0.2, 0.25) is 5.91 Å². The molecule has 2 heterocycles. The van der Waals surface area contributed by atoms with Crippen molar-refractivity contribution in [1.82, 2.24) is 15.1 Å². The third-order valence-corrected chi connectivity index (χ3v) is 6.53. The first-order chi connectivity index (χ1) is 15.0. The number of amides is 2. The van der Waals surface area contributed by atoms with E-state index < -0.39 is 11.7 Å². The van der Waals surface area contributed by atoms with Gasteiger partial charge in [0.15, 0.2) is 5.76 Å². The van der Waals surface area contributed by atoms with Crippen molar-refractivity contribution < 1.29 is 19.4 Å². The Morgan fingerprint density at radius 2 is 1.81 bits per heavy atom. The molecule has 1 aliphatic carbocycles. The summed E-state index contributed by atoms with van der Waals surface area (Å²) in [5, 5.41) is 12.3. The number of hydrogen-bond acceptors (Lipinski definition) is 6. The van der Waals surface area contributed by atoms with Crippen molar-refractivity contribution in [2.45, 2.75) is 44.2 Å². The summed E-state index contributed by atoms with van der Waals surface area (Å²) in [5.41, 5.74) is 0.791. The van der Waals surface area contributed by atoms with Gasteiger partial charge in [-0.1, -0.05) is 6.42 Å². The quantitative estimate of drug-likeness (QED) is 0.532. The molecule has 2 N–H and O–H groups in total. The van der Waals surface area contributed by atoms with Crippen LogP contribution in [0.3, 0.4) is 0 Å². The highest BCUT2D eigenvalue weighted by Gasteiger charge is 2.31. The third-order valence-electron chi connectivity index (χ3n) is 6.53. The monoisotopic (exact) mass is 428 g/mol. The number of piperidine rings is 1. The molecule has 2 saturated heterocycles. The van der Waals surface area contributed by atoms with Gasteiger partial charge < -0.3 is 29.9 Å². The topological polar surface area (TPSA) is 85.3 Å². The summed E-state index contributed by atoms with van der Waals surface area (Å²) in [6.45, 7) is 2.92. The lowest BCUT2D eigenvalue weighted by atomic mass is 9.90. The average molecular weight is 429 g/mol. The molecule has 3 aliphatic rings. The van der Waals surface area contributed by atoms with Crippen molar-refractivity contribution in [2.24, 2.45) is 0 Å². The van der Waals surface area contributed by atoms with Crippen LogP contribution in [-0.4, -0.2) is 78.6 Å². The van der Waals surface area contributed by atoms with Crippen molar-refractivity contribution in [3.05, 3.63) is 36.2 Å². The van der Waals surface area contributed by atoms with Gasteiger partial charge in [-0.25, -0.2) is 0 Å². The highest BCUT2D eigenvalue weighted by molar-refractivity contribution is 6.00. The fourth-order valence-electron chi connectivity index (χ4n) is 4.49. The van der Waals surface area contributed by atoms with Crippen molar-refractivity contribution >= 4 is 17.5 Å². The average Bonchev–Trinajstić information content (AvgIpc) is 2.74. The highest BCUT2D eigenvalue weighted by atomic mass is 16.5.